The van der Waals surface area contributed by atoms with Crippen LogP contribution in [0.4, 0.5) is 0 Å². The Morgan fingerprint density at radius 2 is 1.24 bits per heavy atom. The zero-order valence-electron chi connectivity index (χ0n) is 14.3. The summed E-state index contributed by atoms with van der Waals surface area (Å²) in [7, 11) is 1.76. The molecule has 0 radical (unpaired) electrons. The highest BCUT2D eigenvalue weighted by Crippen LogP contribution is 2.35. The van der Waals surface area contributed by atoms with Gasteiger partial charge < -0.3 is 4.74 Å². The molecular formula is C20H26O. The Bertz CT molecular complexity index is 643. The molecule has 0 bridgehead atoms. The van der Waals surface area contributed by atoms with Crippen molar-refractivity contribution in [3.05, 3.63) is 52.1 Å². The van der Waals surface area contributed by atoms with Crippen LogP contribution in [0.3, 0.4) is 0 Å². The highest BCUT2D eigenvalue weighted by Gasteiger charge is 2.13. The van der Waals surface area contributed by atoms with Gasteiger partial charge in [-0.15, -0.1) is 0 Å². The molecule has 0 aliphatic carbocycles. The van der Waals surface area contributed by atoms with Gasteiger partial charge in [0.1, 0.15) is 5.75 Å². The van der Waals surface area contributed by atoms with Gasteiger partial charge in [0.15, 0.2) is 0 Å². The quantitative estimate of drug-likeness (QED) is 0.699. The fourth-order valence-corrected chi connectivity index (χ4v) is 2.88. The van der Waals surface area contributed by atoms with Crippen LogP contribution in [0.2, 0.25) is 0 Å². The van der Waals surface area contributed by atoms with E-state index in [0.29, 0.717) is 5.92 Å². The van der Waals surface area contributed by atoms with Crippen molar-refractivity contribution in [3.63, 3.8) is 0 Å². The van der Waals surface area contributed by atoms with E-state index in [2.05, 4.69) is 65.8 Å². The summed E-state index contributed by atoms with van der Waals surface area (Å²) in [5.41, 5.74) is 9.15. The third-order valence-electron chi connectivity index (χ3n) is 4.39. The zero-order valence-corrected chi connectivity index (χ0v) is 14.3. The molecule has 0 aromatic heterocycles. The van der Waals surface area contributed by atoms with Crippen LogP contribution in [-0.4, -0.2) is 7.11 Å². The van der Waals surface area contributed by atoms with E-state index in [-0.39, 0.29) is 0 Å². The number of benzene rings is 2. The number of aryl methyl sites for hydroxylation is 3. The smallest absolute Gasteiger partial charge is 0.125 e. The Balaban J connectivity index is 2.65. The minimum atomic E-state index is 0.450. The number of ether oxygens (including phenoxy) is 1. The number of methoxy groups -OCH3 is 1. The fraction of sp³-hybridized carbons (Fsp3) is 0.400. The first-order valence-electron chi connectivity index (χ1n) is 7.62. The van der Waals surface area contributed by atoms with Gasteiger partial charge in [-0.3, -0.25) is 0 Å². The van der Waals surface area contributed by atoms with E-state index in [1.807, 2.05) is 0 Å². The fourth-order valence-electron chi connectivity index (χ4n) is 2.88. The molecule has 1 heteroatoms. The van der Waals surface area contributed by atoms with Gasteiger partial charge in [-0.1, -0.05) is 26.0 Å². The van der Waals surface area contributed by atoms with Gasteiger partial charge in [0.05, 0.1) is 7.11 Å². The van der Waals surface area contributed by atoms with E-state index in [1.165, 1.54) is 38.9 Å². The summed E-state index contributed by atoms with van der Waals surface area (Å²) in [5, 5.41) is 0. The molecule has 0 heterocycles. The molecule has 2 aromatic rings. The standard InChI is InChI=1S/C20H26O/c1-12(2)19-11-18(10-15(5)20(19)21-7)17-8-13(3)16(6)14(4)9-17/h8-12H,1-7H3. The largest absolute Gasteiger partial charge is 0.496 e. The first-order valence-corrected chi connectivity index (χ1v) is 7.62. The van der Waals surface area contributed by atoms with Crippen LogP contribution in [0.1, 0.15) is 47.6 Å². The molecule has 0 amide bonds. The maximum Gasteiger partial charge on any atom is 0.125 e. The van der Waals surface area contributed by atoms with E-state index in [9.17, 15) is 0 Å². The Kier molecular flexibility index (Phi) is 4.41. The van der Waals surface area contributed by atoms with Gasteiger partial charge in [0.25, 0.3) is 0 Å². The van der Waals surface area contributed by atoms with Crippen molar-refractivity contribution in [2.45, 2.75) is 47.5 Å². The van der Waals surface area contributed by atoms with Gasteiger partial charge in [-0.05, 0) is 84.7 Å². The summed E-state index contributed by atoms with van der Waals surface area (Å²) in [6.07, 6.45) is 0. The van der Waals surface area contributed by atoms with Gasteiger partial charge in [-0.2, -0.15) is 0 Å². The second kappa shape index (κ2) is 5.93. The van der Waals surface area contributed by atoms with Crippen molar-refractivity contribution in [2.75, 3.05) is 7.11 Å². The molecule has 1 nitrogen and oxygen atoms in total. The molecule has 0 atom stereocenters. The molecule has 2 aromatic carbocycles. The summed E-state index contributed by atoms with van der Waals surface area (Å²) in [5.74, 6) is 1.47. The van der Waals surface area contributed by atoms with Gasteiger partial charge in [0, 0.05) is 0 Å². The van der Waals surface area contributed by atoms with E-state index in [0.717, 1.165) is 5.75 Å². The molecule has 0 spiro atoms. The molecule has 2 rings (SSSR count). The van der Waals surface area contributed by atoms with Gasteiger partial charge >= 0.3 is 0 Å². The maximum absolute atomic E-state index is 5.59. The maximum atomic E-state index is 5.59. The molecule has 0 saturated carbocycles. The second-order valence-corrected chi connectivity index (χ2v) is 6.31. The summed E-state index contributed by atoms with van der Waals surface area (Å²) < 4.78 is 5.59. The first kappa shape index (κ1) is 15.6. The average Bonchev–Trinajstić information content (AvgIpc) is 2.43. The SMILES string of the molecule is COc1c(C)cc(-c2cc(C)c(C)c(C)c2)cc1C(C)C. The van der Waals surface area contributed by atoms with Crippen LogP contribution in [0.25, 0.3) is 11.1 Å². The van der Waals surface area contributed by atoms with Crippen LogP contribution in [0.5, 0.6) is 5.75 Å². The summed E-state index contributed by atoms with van der Waals surface area (Å²) in [6, 6.07) is 9.08. The lowest BCUT2D eigenvalue weighted by atomic mass is 9.91. The molecule has 0 unspecified atom stereocenters. The second-order valence-electron chi connectivity index (χ2n) is 6.31. The lowest BCUT2D eigenvalue weighted by Crippen LogP contribution is -1.98. The third-order valence-corrected chi connectivity index (χ3v) is 4.39. The van der Waals surface area contributed by atoms with Crippen LogP contribution in [0, 0.1) is 27.7 Å². The van der Waals surface area contributed by atoms with Crippen molar-refractivity contribution >= 4 is 0 Å². The van der Waals surface area contributed by atoms with Crippen LogP contribution >= 0.6 is 0 Å². The molecule has 0 saturated heterocycles. The van der Waals surface area contributed by atoms with Crippen molar-refractivity contribution < 1.29 is 4.74 Å². The normalized spacial score (nSPS) is 11.0. The van der Waals surface area contributed by atoms with E-state index in [1.54, 1.807) is 7.11 Å². The van der Waals surface area contributed by atoms with E-state index < -0.39 is 0 Å². The number of hydrogen-bond acceptors (Lipinski definition) is 1. The highest BCUT2D eigenvalue weighted by molar-refractivity contribution is 5.70. The summed E-state index contributed by atoms with van der Waals surface area (Å²) in [6.45, 7) is 13.1. The van der Waals surface area contributed by atoms with Crippen molar-refractivity contribution in [1.82, 2.24) is 0 Å². The molecular weight excluding hydrogens is 256 g/mol. The van der Waals surface area contributed by atoms with Crippen LogP contribution in [0.15, 0.2) is 24.3 Å². The Hall–Kier alpha value is -1.76. The van der Waals surface area contributed by atoms with Crippen LogP contribution in [-0.2, 0) is 0 Å². The average molecular weight is 282 g/mol. The molecule has 112 valence electrons. The topological polar surface area (TPSA) is 9.23 Å². The lowest BCUT2D eigenvalue weighted by Gasteiger charge is -2.17. The molecule has 0 N–H and O–H groups in total. The molecule has 0 aliphatic heterocycles. The van der Waals surface area contributed by atoms with Crippen molar-refractivity contribution in [3.8, 4) is 16.9 Å². The lowest BCUT2D eigenvalue weighted by molar-refractivity contribution is 0.404. The molecule has 21 heavy (non-hydrogen) atoms. The van der Waals surface area contributed by atoms with Crippen molar-refractivity contribution in [2.24, 2.45) is 0 Å². The Labute approximate surface area is 129 Å². The number of hydrogen-bond donors (Lipinski definition) is 0. The molecule has 0 aliphatic rings. The Morgan fingerprint density at radius 1 is 0.762 bits per heavy atom. The van der Waals surface area contributed by atoms with E-state index >= 15 is 0 Å². The minimum absolute atomic E-state index is 0.450. The highest BCUT2D eigenvalue weighted by atomic mass is 16.5. The predicted octanol–water partition coefficient (Wildman–Crippen LogP) is 5.72. The van der Waals surface area contributed by atoms with Gasteiger partial charge in [-0.25, -0.2) is 0 Å². The zero-order chi connectivity index (χ0) is 15.7. The Morgan fingerprint density at radius 3 is 1.71 bits per heavy atom. The van der Waals surface area contributed by atoms with E-state index in [4.69, 9.17) is 4.74 Å². The molecule has 0 fully saturated rings. The van der Waals surface area contributed by atoms with Crippen molar-refractivity contribution in [1.29, 1.82) is 0 Å². The number of rotatable bonds is 3. The summed E-state index contributed by atoms with van der Waals surface area (Å²) >= 11 is 0. The third kappa shape index (κ3) is 2.97. The minimum Gasteiger partial charge on any atom is -0.496 e. The monoisotopic (exact) mass is 282 g/mol. The van der Waals surface area contributed by atoms with Crippen LogP contribution < -0.4 is 4.74 Å². The summed E-state index contributed by atoms with van der Waals surface area (Å²) in [4.78, 5) is 0. The first-order chi connectivity index (χ1) is 9.85. The van der Waals surface area contributed by atoms with Gasteiger partial charge in [0.2, 0.25) is 0 Å². The predicted molar refractivity (Wildman–Crippen MR) is 91.5 cm³/mol.